The van der Waals surface area contributed by atoms with Gasteiger partial charge in [-0.1, -0.05) is 30.3 Å². The van der Waals surface area contributed by atoms with Crippen LogP contribution in [0.1, 0.15) is 46.6 Å². The average molecular weight is 626 g/mol. The first kappa shape index (κ1) is 35.6. The largest absolute Gasteiger partial charge is 0.477 e. The highest BCUT2D eigenvalue weighted by atomic mass is 16.7. The van der Waals surface area contributed by atoms with Gasteiger partial charge in [-0.15, -0.1) is 0 Å². The van der Waals surface area contributed by atoms with Crippen LogP contribution in [0.3, 0.4) is 0 Å². The molecule has 242 valence electrons. The van der Waals surface area contributed by atoms with Crippen LogP contribution in [-0.2, 0) is 73.3 Å². The molecule has 2 rings (SSSR count). The lowest BCUT2D eigenvalue weighted by molar-refractivity contribution is -0.316. The minimum Gasteiger partial charge on any atom is -0.477 e. The topological polar surface area (TPSA) is 216 Å². The van der Waals surface area contributed by atoms with E-state index in [-0.39, 0.29) is 6.61 Å². The molecule has 6 atom stereocenters. The molecule has 0 aliphatic carbocycles. The van der Waals surface area contributed by atoms with Crippen molar-refractivity contribution in [3.8, 4) is 0 Å². The fourth-order valence-electron chi connectivity index (χ4n) is 4.34. The smallest absolute Gasteiger partial charge is 0.364 e. The van der Waals surface area contributed by atoms with Crippen LogP contribution < -0.4 is 5.32 Å². The molecule has 0 saturated carbocycles. The Morgan fingerprint density at radius 3 is 2.02 bits per heavy atom. The summed E-state index contributed by atoms with van der Waals surface area (Å²) in [6, 6.07) is 6.87. The summed E-state index contributed by atoms with van der Waals surface area (Å²) in [6.45, 7) is 3.35. The molecule has 16 nitrogen and oxygen atoms in total. The molecule has 1 heterocycles. The average Bonchev–Trinajstić information content (AvgIpc) is 2.92. The summed E-state index contributed by atoms with van der Waals surface area (Å²) in [4.78, 5) is 85.0. The van der Waals surface area contributed by atoms with Crippen molar-refractivity contribution in [1.29, 1.82) is 0 Å². The summed E-state index contributed by atoms with van der Waals surface area (Å²) in [5, 5.41) is 12.8. The molecule has 16 heteroatoms. The lowest BCUT2D eigenvalue weighted by Crippen LogP contribution is -2.69. The summed E-state index contributed by atoms with van der Waals surface area (Å²) in [6.07, 6.45) is -7.41. The third kappa shape index (κ3) is 10.9. The van der Waals surface area contributed by atoms with Gasteiger partial charge >= 0.3 is 35.8 Å². The maximum Gasteiger partial charge on any atom is 0.364 e. The number of aliphatic carboxylic acids is 1. The van der Waals surface area contributed by atoms with Crippen molar-refractivity contribution in [2.75, 3.05) is 13.2 Å². The zero-order valence-electron chi connectivity index (χ0n) is 24.8. The Bertz CT molecular complexity index is 1220. The number of carboxylic acids is 1. The van der Waals surface area contributed by atoms with Gasteiger partial charge < -0.3 is 43.6 Å². The summed E-state index contributed by atoms with van der Waals surface area (Å²) in [5.41, 5.74) is 0.540. The molecule has 0 radical (unpaired) electrons. The van der Waals surface area contributed by atoms with Crippen molar-refractivity contribution in [1.82, 2.24) is 5.32 Å². The number of rotatable bonds is 14. The van der Waals surface area contributed by atoms with Crippen molar-refractivity contribution in [2.45, 2.75) is 83.9 Å². The number of carbonyl (C=O) groups excluding carboxylic acids is 6. The quantitative estimate of drug-likeness (QED) is 0.208. The third-order valence-electron chi connectivity index (χ3n) is 6.00. The first-order chi connectivity index (χ1) is 20.6. The minimum atomic E-state index is -2.58. The first-order valence-electron chi connectivity index (χ1n) is 13.3. The molecular formula is C28H35NO15. The van der Waals surface area contributed by atoms with E-state index in [0.29, 0.717) is 5.56 Å². The molecule has 1 aliphatic rings. The number of nitrogens with one attached hydrogen (secondary N) is 1. The number of hydrogen-bond acceptors (Lipinski definition) is 14. The Labute approximate surface area is 252 Å². The molecule has 2 N–H and O–H groups in total. The van der Waals surface area contributed by atoms with Gasteiger partial charge in [-0.25, -0.2) is 4.79 Å². The molecule has 0 bridgehead atoms. The second-order valence-electron chi connectivity index (χ2n) is 9.66. The monoisotopic (exact) mass is 625 g/mol. The Morgan fingerprint density at radius 1 is 0.886 bits per heavy atom. The van der Waals surface area contributed by atoms with Gasteiger partial charge in [0.25, 0.3) is 11.7 Å². The van der Waals surface area contributed by atoms with Crippen molar-refractivity contribution in [3.63, 3.8) is 0 Å². The number of esters is 5. The maximum atomic E-state index is 12.8. The second kappa shape index (κ2) is 16.3. The van der Waals surface area contributed by atoms with E-state index < -0.39 is 97.6 Å². The van der Waals surface area contributed by atoms with E-state index in [1.165, 1.54) is 0 Å². The molecule has 1 aromatic rings. The lowest BCUT2D eigenvalue weighted by Gasteiger charge is -2.48. The molecule has 1 aromatic carbocycles. The second-order valence-corrected chi connectivity index (χ2v) is 9.66. The number of carboxylic acid groups (broad SMARTS) is 1. The molecule has 1 amide bonds. The third-order valence-corrected chi connectivity index (χ3v) is 6.00. The number of hydrogen-bond donors (Lipinski definition) is 2. The van der Waals surface area contributed by atoms with Gasteiger partial charge in [-0.3, -0.25) is 28.8 Å². The molecule has 44 heavy (non-hydrogen) atoms. The highest BCUT2D eigenvalue weighted by Crippen LogP contribution is 2.37. The Morgan fingerprint density at radius 2 is 1.50 bits per heavy atom. The lowest BCUT2D eigenvalue weighted by atomic mass is 9.88. The van der Waals surface area contributed by atoms with Gasteiger partial charge in [0.2, 0.25) is 0 Å². The number of benzene rings is 1. The van der Waals surface area contributed by atoms with Crippen LogP contribution in [0.5, 0.6) is 0 Å². The van der Waals surface area contributed by atoms with E-state index in [4.69, 9.17) is 33.2 Å². The van der Waals surface area contributed by atoms with E-state index in [1.54, 1.807) is 30.3 Å². The number of carbonyl (C=O) groups is 7. The molecule has 1 aliphatic heterocycles. The molecule has 0 spiro atoms. The maximum absolute atomic E-state index is 12.8. The van der Waals surface area contributed by atoms with Crippen molar-refractivity contribution in [3.05, 3.63) is 35.9 Å². The fourth-order valence-corrected chi connectivity index (χ4v) is 4.34. The number of ether oxygens (including phenoxy) is 7. The van der Waals surface area contributed by atoms with Gasteiger partial charge in [0.05, 0.1) is 19.1 Å². The van der Waals surface area contributed by atoms with E-state index in [2.05, 4.69) is 5.32 Å². The van der Waals surface area contributed by atoms with Crippen molar-refractivity contribution < 1.29 is 71.8 Å². The number of amides is 1. The van der Waals surface area contributed by atoms with Crippen LogP contribution >= 0.6 is 0 Å². The van der Waals surface area contributed by atoms with Crippen LogP contribution in [0.2, 0.25) is 0 Å². The summed E-state index contributed by atoms with van der Waals surface area (Å²) in [5.74, 6) is -9.56. The van der Waals surface area contributed by atoms with Gasteiger partial charge in [0.1, 0.15) is 18.8 Å². The standard InChI is InChI=1S/C28H35NO15/c1-15(30)38-13-22(42-18(4)33)25(43-19(5)34)26-24(29-23(35)14-39-16(2)31)21(41-17(3)32)11-28(44-26,27(36)37)40-12-20-9-7-6-8-10-20/h6-10,21-22,24-26H,11-14H2,1-5H3,(H,29,35)(H,36,37)/t21-,22+,24+,25+,26+,28+/m0/s1. The van der Waals surface area contributed by atoms with Gasteiger partial charge in [0.15, 0.2) is 18.8 Å². The minimum absolute atomic E-state index is 0.310. The first-order valence-corrected chi connectivity index (χ1v) is 13.3. The predicted octanol–water partition coefficient (Wildman–Crippen LogP) is 0.179. The van der Waals surface area contributed by atoms with Crippen LogP contribution in [-0.4, -0.2) is 96.3 Å². The molecular weight excluding hydrogens is 590 g/mol. The summed E-state index contributed by atoms with van der Waals surface area (Å²) >= 11 is 0. The van der Waals surface area contributed by atoms with Crippen LogP contribution in [0.25, 0.3) is 0 Å². The van der Waals surface area contributed by atoms with E-state index in [1.807, 2.05) is 0 Å². The van der Waals surface area contributed by atoms with Gasteiger partial charge in [-0.05, 0) is 5.56 Å². The SMILES string of the molecule is CC(=O)OCC(=O)N[C@H]1[C@H]([C@H](OC(C)=O)[C@@H](COC(C)=O)OC(C)=O)O[C@@](OCc2ccccc2)(C(=O)O)C[C@@H]1OC(C)=O. The fraction of sp³-hybridized carbons (Fsp3) is 0.536. The normalized spacial score (nSPS) is 22.3. The van der Waals surface area contributed by atoms with Crippen LogP contribution in [0.4, 0.5) is 0 Å². The highest BCUT2D eigenvalue weighted by Gasteiger charge is 2.59. The zero-order valence-corrected chi connectivity index (χ0v) is 24.8. The Balaban J connectivity index is 2.70. The molecule has 1 fully saturated rings. The molecule has 0 aromatic heterocycles. The van der Waals surface area contributed by atoms with Gasteiger partial charge in [-0.2, -0.15) is 0 Å². The van der Waals surface area contributed by atoms with Crippen LogP contribution in [0, 0.1) is 0 Å². The van der Waals surface area contributed by atoms with E-state index >= 15 is 0 Å². The van der Waals surface area contributed by atoms with Crippen molar-refractivity contribution in [2.24, 2.45) is 0 Å². The molecule has 0 unspecified atom stereocenters. The Hall–Kier alpha value is -4.57. The van der Waals surface area contributed by atoms with Crippen LogP contribution in [0.15, 0.2) is 30.3 Å². The summed E-state index contributed by atoms with van der Waals surface area (Å²) < 4.78 is 37.6. The van der Waals surface area contributed by atoms with E-state index in [0.717, 1.165) is 34.6 Å². The highest BCUT2D eigenvalue weighted by molar-refractivity contribution is 5.81. The van der Waals surface area contributed by atoms with Gasteiger partial charge in [0, 0.05) is 34.6 Å². The van der Waals surface area contributed by atoms with E-state index in [9.17, 15) is 38.7 Å². The Kier molecular flexibility index (Phi) is 13.2. The predicted molar refractivity (Wildman–Crippen MR) is 143 cm³/mol. The molecule has 1 saturated heterocycles. The zero-order chi connectivity index (χ0) is 33.0. The van der Waals surface area contributed by atoms with Crippen molar-refractivity contribution >= 4 is 41.7 Å². The summed E-state index contributed by atoms with van der Waals surface area (Å²) in [7, 11) is 0.